The average molecular weight is 508 g/mol. The fourth-order valence-electron chi connectivity index (χ4n) is 5.68. The zero-order valence-electron chi connectivity index (χ0n) is 22.8. The van der Waals surface area contributed by atoms with E-state index in [1.54, 1.807) is 0 Å². The number of aromatic amines is 1. The van der Waals surface area contributed by atoms with Gasteiger partial charge < -0.3 is 9.88 Å². The van der Waals surface area contributed by atoms with Crippen LogP contribution in [0.1, 0.15) is 67.8 Å². The van der Waals surface area contributed by atoms with Crippen molar-refractivity contribution in [3.63, 3.8) is 0 Å². The van der Waals surface area contributed by atoms with Crippen LogP contribution in [0.15, 0.2) is 78.8 Å². The second kappa shape index (κ2) is 11.3. The second-order valence-electron chi connectivity index (χ2n) is 10.6. The number of para-hydroxylation sites is 1. The van der Waals surface area contributed by atoms with Crippen LogP contribution < -0.4 is 0 Å². The number of benzene rings is 2. The van der Waals surface area contributed by atoms with Gasteiger partial charge in [0, 0.05) is 60.3 Å². The SMILES string of the molecule is CC(C)N(C(=O)c1ccc(C(=C2CCN(Cc3ncc[nH]3)CC2)c2cccc3cccnc23)cc1)C(C)C. The summed E-state index contributed by atoms with van der Waals surface area (Å²) in [6.45, 7) is 11.1. The highest BCUT2D eigenvalue weighted by molar-refractivity contribution is 5.98. The van der Waals surface area contributed by atoms with Crippen LogP contribution in [0.3, 0.4) is 0 Å². The van der Waals surface area contributed by atoms with E-state index in [1.807, 2.05) is 41.7 Å². The fourth-order valence-corrected chi connectivity index (χ4v) is 5.68. The van der Waals surface area contributed by atoms with Gasteiger partial charge >= 0.3 is 0 Å². The average Bonchev–Trinajstić information content (AvgIpc) is 3.43. The van der Waals surface area contributed by atoms with Gasteiger partial charge in [0.05, 0.1) is 12.1 Å². The summed E-state index contributed by atoms with van der Waals surface area (Å²) in [5, 5.41) is 1.13. The number of nitrogens with one attached hydrogen (secondary N) is 1. The van der Waals surface area contributed by atoms with Crippen molar-refractivity contribution in [1.82, 2.24) is 24.8 Å². The summed E-state index contributed by atoms with van der Waals surface area (Å²) in [5.74, 6) is 1.09. The molecule has 6 nitrogen and oxygen atoms in total. The molecule has 1 N–H and O–H groups in total. The first-order valence-corrected chi connectivity index (χ1v) is 13.6. The Bertz CT molecular complexity index is 1400. The van der Waals surface area contributed by atoms with Crippen molar-refractivity contribution in [1.29, 1.82) is 0 Å². The number of piperidine rings is 1. The number of H-pyrrole nitrogens is 1. The number of rotatable bonds is 7. The molecule has 0 spiro atoms. The molecule has 2 aromatic heterocycles. The van der Waals surface area contributed by atoms with E-state index in [4.69, 9.17) is 4.98 Å². The molecule has 196 valence electrons. The van der Waals surface area contributed by atoms with Crippen LogP contribution in [0.5, 0.6) is 0 Å². The smallest absolute Gasteiger partial charge is 0.254 e. The number of hydrogen-bond donors (Lipinski definition) is 1. The van der Waals surface area contributed by atoms with Gasteiger partial charge in [-0.05, 0) is 69.9 Å². The molecule has 1 aliphatic heterocycles. The van der Waals surface area contributed by atoms with Gasteiger partial charge in [0.2, 0.25) is 0 Å². The van der Waals surface area contributed by atoms with Gasteiger partial charge in [0.25, 0.3) is 5.91 Å². The van der Waals surface area contributed by atoms with Crippen molar-refractivity contribution in [3.8, 4) is 0 Å². The molecule has 1 aliphatic rings. The number of nitrogens with zero attached hydrogens (tertiary/aromatic N) is 4. The molecule has 0 bridgehead atoms. The van der Waals surface area contributed by atoms with Gasteiger partial charge in [-0.25, -0.2) is 4.98 Å². The third-order valence-corrected chi connectivity index (χ3v) is 7.41. The van der Waals surface area contributed by atoms with Crippen LogP contribution in [-0.4, -0.2) is 55.8 Å². The Kier molecular flexibility index (Phi) is 7.70. The predicted octanol–water partition coefficient (Wildman–Crippen LogP) is 6.31. The number of aromatic nitrogens is 3. The molecule has 0 saturated carbocycles. The molecule has 5 rings (SSSR count). The summed E-state index contributed by atoms with van der Waals surface area (Å²) in [6, 6.07) is 19.0. The lowest BCUT2D eigenvalue weighted by molar-refractivity contribution is 0.0643. The molecule has 6 heteroatoms. The molecule has 1 amide bonds. The summed E-state index contributed by atoms with van der Waals surface area (Å²) >= 11 is 0. The summed E-state index contributed by atoms with van der Waals surface area (Å²) in [5.41, 5.74) is 6.71. The Morgan fingerprint density at radius 3 is 2.24 bits per heavy atom. The van der Waals surface area contributed by atoms with Crippen LogP contribution in [-0.2, 0) is 6.54 Å². The van der Waals surface area contributed by atoms with Gasteiger partial charge in [-0.3, -0.25) is 14.7 Å². The van der Waals surface area contributed by atoms with Crippen molar-refractivity contribution in [3.05, 3.63) is 101 Å². The Hall–Kier alpha value is -3.77. The number of fused-ring (bicyclic) bond motifs is 1. The highest BCUT2D eigenvalue weighted by atomic mass is 16.2. The molecule has 0 radical (unpaired) electrons. The maximum absolute atomic E-state index is 13.3. The molecular formula is C32H37N5O. The minimum absolute atomic E-state index is 0.0776. The van der Waals surface area contributed by atoms with Crippen LogP contribution in [0.4, 0.5) is 0 Å². The largest absolute Gasteiger partial charge is 0.348 e. The minimum atomic E-state index is 0.0776. The van der Waals surface area contributed by atoms with Crippen molar-refractivity contribution < 1.29 is 4.79 Å². The van der Waals surface area contributed by atoms with Crippen molar-refractivity contribution >= 4 is 22.4 Å². The van der Waals surface area contributed by atoms with E-state index in [-0.39, 0.29) is 18.0 Å². The summed E-state index contributed by atoms with van der Waals surface area (Å²) in [7, 11) is 0. The van der Waals surface area contributed by atoms with Crippen molar-refractivity contribution in [2.75, 3.05) is 13.1 Å². The van der Waals surface area contributed by atoms with E-state index in [0.717, 1.165) is 65.9 Å². The number of hydrogen-bond acceptors (Lipinski definition) is 4. The molecule has 4 aromatic rings. The number of carbonyl (C=O) groups is 1. The Morgan fingerprint density at radius 2 is 1.58 bits per heavy atom. The van der Waals surface area contributed by atoms with Gasteiger partial charge in [0.1, 0.15) is 5.82 Å². The topological polar surface area (TPSA) is 65.1 Å². The second-order valence-corrected chi connectivity index (χ2v) is 10.6. The zero-order valence-corrected chi connectivity index (χ0v) is 22.8. The maximum atomic E-state index is 13.3. The highest BCUT2D eigenvalue weighted by Crippen LogP contribution is 2.36. The predicted molar refractivity (Wildman–Crippen MR) is 154 cm³/mol. The third-order valence-electron chi connectivity index (χ3n) is 7.41. The molecule has 3 heterocycles. The number of amides is 1. The molecule has 0 aliphatic carbocycles. The summed E-state index contributed by atoms with van der Waals surface area (Å²) in [4.78, 5) is 30.1. The third kappa shape index (κ3) is 5.41. The Balaban J connectivity index is 1.51. The van der Waals surface area contributed by atoms with E-state index in [2.05, 4.69) is 79.0 Å². The summed E-state index contributed by atoms with van der Waals surface area (Å²) in [6.07, 6.45) is 7.52. The lowest BCUT2D eigenvalue weighted by atomic mass is 9.87. The first-order chi connectivity index (χ1) is 18.4. The number of pyridine rings is 1. The number of likely N-dealkylation sites (tertiary alicyclic amines) is 1. The number of imidazole rings is 1. The normalized spacial score (nSPS) is 14.4. The van der Waals surface area contributed by atoms with Crippen LogP contribution in [0, 0.1) is 0 Å². The summed E-state index contributed by atoms with van der Waals surface area (Å²) < 4.78 is 0. The monoisotopic (exact) mass is 507 g/mol. The van der Waals surface area contributed by atoms with E-state index >= 15 is 0 Å². The number of carbonyl (C=O) groups excluding carboxylic acids is 1. The van der Waals surface area contributed by atoms with Crippen molar-refractivity contribution in [2.24, 2.45) is 0 Å². The molecule has 2 aromatic carbocycles. The van der Waals surface area contributed by atoms with Gasteiger partial charge in [0.15, 0.2) is 0 Å². The zero-order chi connectivity index (χ0) is 26.6. The molecule has 38 heavy (non-hydrogen) atoms. The molecular weight excluding hydrogens is 470 g/mol. The molecule has 1 saturated heterocycles. The van der Waals surface area contributed by atoms with Crippen LogP contribution in [0.2, 0.25) is 0 Å². The van der Waals surface area contributed by atoms with Gasteiger partial charge in [-0.2, -0.15) is 0 Å². The first-order valence-electron chi connectivity index (χ1n) is 13.6. The minimum Gasteiger partial charge on any atom is -0.348 e. The van der Waals surface area contributed by atoms with Gasteiger partial charge in [-0.1, -0.05) is 42.0 Å². The quantitative estimate of drug-likeness (QED) is 0.318. The van der Waals surface area contributed by atoms with Crippen molar-refractivity contribution in [2.45, 2.75) is 59.2 Å². The van der Waals surface area contributed by atoms with E-state index < -0.39 is 0 Å². The lowest BCUT2D eigenvalue weighted by Gasteiger charge is -2.31. The first kappa shape index (κ1) is 25.9. The van der Waals surface area contributed by atoms with E-state index in [1.165, 1.54) is 11.1 Å². The van der Waals surface area contributed by atoms with E-state index in [0.29, 0.717) is 0 Å². The highest BCUT2D eigenvalue weighted by Gasteiger charge is 2.24. The van der Waals surface area contributed by atoms with E-state index in [9.17, 15) is 4.79 Å². The Labute approximate surface area is 225 Å². The van der Waals surface area contributed by atoms with Gasteiger partial charge in [-0.15, -0.1) is 0 Å². The maximum Gasteiger partial charge on any atom is 0.254 e. The standard InChI is InChI=1S/C32H37N5O/c1-22(2)37(23(3)4)32(38)27-12-10-24(11-13-27)30(28-9-5-7-26-8-6-16-35-31(26)28)25-14-19-36(20-15-25)21-29-33-17-18-34-29/h5-13,16-18,22-23H,14-15,19-21H2,1-4H3,(H,33,34). The molecule has 1 fully saturated rings. The Morgan fingerprint density at radius 1 is 0.895 bits per heavy atom. The van der Waals surface area contributed by atoms with Crippen LogP contribution in [0.25, 0.3) is 16.5 Å². The molecule has 0 atom stereocenters. The molecule has 0 unspecified atom stereocenters. The fraction of sp³-hybridized carbons (Fsp3) is 0.344. The lowest BCUT2D eigenvalue weighted by Crippen LogP contribution is -2.42. The van der Waals surface area contributed by atoms with Crippen LogP contribution >= 0.6 is 0 Å².